The van der Waals surface area contributed by atoms with E-state index in [4.69, 9.17) is 29.2 Å². The van der Waals surface area contributed by atoms with Crippen molar-refractivity contribution in [3.63, 3.8) is 0 Å². The molecule has 2 rings (SSSR count). The first-order chi connectivity index (χ1) is 26.4. The summed E-state index contributed by atoms with van der Waals surface area (Å²) in [5.74, 6) is 2.14. The number of nitrogens with one attached hydrogen (secondary N) is 1. The summed E-state index contributed by atoms with van der Waals surface area (Å²) in [4.78, 5) is 12.2. The summed E-state index contributed by atoms with van der Waals surface area (Å²) in [7, 11) is 7.60. The lowest BCUT2D eigenvalue weighted by molar-refractivity contribution is -0.127. The van der Waals surface area contributed by atoms with Crippen LogP contribution >= 0.6 is 0 Å². The molecule has 1 saturated heterocycles. The molecule has 0 aromatic heterocycles. The van der Waals surface area contributed by atoms with Gasteiger partial charge < -0.3 is 39.4 Å². The summed E-state index contributed by atoms with van der Waals surface area (Å²) < 4.78 is 42.0. The maximum Gasteiger partial charge on any atom is 0.219 e. The quantitative estimate of drug-likeness (QED) is 0.122. The summed E-state index contributed by atoms with van der Waals surface area (Å²) in [6, 6.07) is 0. The zero-order chi connectivity index (χ0) is 45.1. The third kappa shape index (κ3) is 89.6. The van der Waals surface area contributed by atoms with Gasteiger partial charge in [-0.1, -0.05) is 88.0 Å². The van der Waals surface area contributed by atoms with Crippen molar-refractivity contribution in [1.82, 2.24) is 14.5 Å². The predicted octanol–water partition coefficient (Wildman–Crippen LogP) is 8.29. The molecule has 0 aromatic carbocycles. The number of amides is 1. The number of hydrogen-bond acceptors (Lipinski definition) is 10. The normalized spacial score (nSPS) is 13.3. The van der Waals surface area contributed by atoms with E-state index >= 15 is 0 Å². The van der Waals surface area contributed by atoms with E-state index in [1.165, 1.54) is 68.3 Å². The van der Waals surface area contributed by atoms with Crippen molar-refractivity contribution in [3.8, 4) is 0 Å². The molecule has 13 heteroatoms. The molecule has 0 spiro atoms. The fourth-order valence-corrected chi connectivity index (χ4v) is 3.63. The van der Waals surface area contributed by atoms with Gasteiger partial charge in [-0.15, -0.1) is 0 Å². The van der Waals surface area contributed by atoms with Gasteiger partial charge in [0.2, 0.25) is 15.9 Å². The van der Waals surface area contributed by atoms with E-state index in [0.717, 1.165) is 77.2 Å². The number of aliphatic hydroxyl groups is 2. The molecule has 2 fully saturated rings. The Balaban J connectivity index is -0.0000000973. The van der Waals surface area contributed by atoms with Gasteiger partial charge in [0.15, 0.2) is 0 Å². The predicted molar refractivity (Wildman–Crippen MR) is 242 cm³/mol. The highest BCUT2D eigenvalue weighted by Gasteiger charge is 2.12. The van der Waals surface area contributed by atoms with Gasteiger partial charge in [-0.05, 0) is 83.2 Å². The minimum absolute atomic E-state index is 0.115. The Morgan fingerprint density at radius 2 is 1.18 bits per heavy atom. The summed E-state index contributed by atoms with van der Waals surface area (Å²) in [6.45, 7) is 27.7. The van der Waals surface area contributed by atoms with Gasteiger partial charge in [-0.2, -0.15) is 0 Å². The smallest absolute Gasteiger partial charge is 0.219 e. The van der Waals surface area contributed by atoms with Crippen LogP contribution < -0.4 is 5.32 Å². The monoisotopic (exact) mass is 836 g/mol. The van der Waals surface area contributed by atoms with E-state index in [1.54, 1.807) is 40.2 Å². The lowest BCUT2D eigenvalue weighted by Gasteiger charge is -2.16. The van der Waals surface area contributed by atoms with E-state index in [0.29, 0.717) is 13.0 Å². The second kappa shape index (κ2) is 60.8. The van der Waals surface area contributed by atoms with E-state index in [9.17, 15) is 13.2 Å². The topological polar surface area (TPSA) is 147 Å². The molecular formula is C43H101N3O9S. The Morgan fingerprint density at radius 1 is 0.750 bits per heavy atom. The van der Waals surface area contributed by atoms with Gasteiger partial charge in [0.1, 0.15) is 0 Å². The lowest BCUT2D eigenvalue weighted by atomic mass is 10.0. The van der Waals surface area contributed by atoms with E-state index < -0.39 is 16.1 Å². The number of carbonyl (C=O) groups is 1. The molecule has 1 amide bonds. The summed E-state index contributed by atoms with van der Waals surface area (Å²) >= 11 is 0. The Kier molecular flexibility index (Phi) is 75.6. The molecule has 0 aromatic rings. The second-order valence-corrected chi connectivity index (χ2v) is 16.1. The van der Waals surface area contributed by atoms with Crippen LogP contribution in [0.4, 0.5) is 0 Å². The van der Waals surface area contributed by atoms with Crippen molar-refractivity contribution in [2.24, 2.45) is 11.8 Å². The Labute approximate surface area is 350 Å². The minimum atomic E-state index is -2.93. The molecule has 2 aliphatic rings. The van der Waals surface area contributed by atoms with Crippen LogP contribution in [0.2, 0.25) is 0 Å². The van der Waals surface area contributed by atoms with Crippen LogP contribution in [0.1, 0.15) is 153 Å². The number of nitrogens with zero attached hydrogens (tertiary/aromatic N) is 2. The van der Waals surface area contributed by atoms with E-state index in [-0.39, 0.29) is 12.5 Å². The van der Waals surface area contributed by atoms with Gasteiger partial charge in [0.25, 0.3) is 0 Å². The zero-order valence-corrected chi connectivity index (χ0v) is 41.2. The minimum Gasteiger partial charge on any atom is -0.394 e. The van der Waals surface area contributed by atoms with Gasteiger partial charge >= 0.3 is 0 Å². The molecule has 0 bridgehead atoms. The van der Waals surface area contributed by atoms with Crippen molar-refractivity contribution in [2.75, 3.05) is 108 Å². The van der Waals surface area contributed by atoms with Gasteiger partial charge in [-0.3, -0.25) is 4.79 Å². The number of rotatable bonds is 17. The number of methoxy groups -OCH3 is 3. The largest absolute Gasteiger partial charge is 0.394 e. The van der Waals surface area contributed by atoms with Crippen molar-refractivity contribution < 1.29 is 42.4 Å². The molecule has 56 heavy (non-hydrogen) atoms. The SMILES string of the molecule is CC1CC1.CC1CCOCC1.CCC(O)CO.CCCCOC.CCCCOC.CCCN(C)C(C)=O.CCCN(C)S(C)(=O)=O.CCCNC.CCCOC. The van der Waals surface area contributed by atoms with Crippen LogP contribution in [0.15, 0.2) is 0 Å². The number of carbonyl (C=O) groups excluding carboxylic acids is 1. The Morgan fingerprint density at radius 3 is 1.27 bits per heavy atom. The average Bonchev–Trinajstić information content (AvgIpc) is 3.97. The highest BCUT2D eigenvalue weighted by molar-refractivity contribution is 7.88. The number of sulfonamides is 1. The molecule has 1 aliphatic heterocycles. The van der Waals surface area contributed by atoms with Crippen molar-refractivity contribution in [1.29, 1.82) is 0 Å². The van der Waals surface area contributed by atoms with Crippen molar-refractivity contribution >= 4 is 15.9 Å². The maximum absolute atomic E-state index is 10.6. The fourth-order valence-electron chi connectivity index (χ4n) is 3.12. The highest BCUT2D eigenvalue weighted by atomic mass is 32.2. The average molecular weight is 836 g/mol. The van der Waals surface area contributed by atoms with E-state index in [1.807, 2.05) is 27.9 Å². The maximum atomic E-state index is 10.6. The Bertz CT molecular complexity index is 742. The highest BCUT2D eigenvalue weighted by Crippen LogP contribution is 2.26. The molecule has 348 valence electrons. The van der Waals surface area contributed by atoms with Crippen LogP contribution in [-0.4, -0.2) is 148 Å². The Hall–Kier alpha value is -0.900. The number of ether oxygens (including phenoxy) is 4. The molecule has 1 atom stereocenters. The molecule has 0 radical (unpaired) electrons. The van der Waals surface area contributed by atoms with E-state index in [2.05, 4.69) is 53.8 Å². The lowest BCUT2D eigenvalue weighted by Crippen LogP contribution is -2.25. The van der Waals surface area contributed by atoms with Crippen LogP contribution in [-0.2, 0) is 33.8 Å². The first kappa shape index (κ1) is 69.7. The number of hydrogen-bond donors (Lipinski definition) is 3. The number of aliphatic hydroxyl groups excluding tert-OH is 2. The van der Waals surface area contributed by atoms with Gasteiger partial charge in [0.05, 0.1) is 19.0 Å². The summed E-state index contributed by atoms with van der Waals surface area (Å²) in [5.41, 5.74) is 0. The first-order valence-electron chi connectivity index (χ1n) is 21.5. The summed E-state index contributed by atoms with van der Waals surface area (Å²) in [6.07, 6.45) is 15.9. The zero-order valence-electron chi connectivity index (χ0n) is 40.3. The third-order valence-corrected chi connectivity index (χ3v) is 8.89. The van der Waals surface area contributed by atoms with Crippen LogP contribution in [0.3, 0.4) is 0 Å². The molecule has 1 saturated carbocycles. The van der Waals surface area contributed by atoms with Gasteiger partial charge in [0, 0.05) is 88.5 Å². The van der Waals surface area contributed by atoms with Crippen LogP contribution in [0.25, 0.3) is 0 Å². The second-order valence-electron chi connectivity index (χ2n) is 14.0. The standard InChI is InChI=1S/C6H13NO.C6H12O.C5H13NO2S.2C5H12O.C4H11N.C4H10O2.C4H10O.C4H8/c1-4-5-7(3)6(2)8;1-6-2-4-7-5-3-6;1-4-5-6(2)9(3,7)8;2*1-3-4-5-6-2;1-3-4-5-2;1-2-4(6)3-5;1-3-4-5-2;1-4-2-3-4/h4-5H2,1-3H3;6H,2-5H2,1H3;4-5H2,1-3H3;2*3-5H2,1-2H3;5H,3-4H2,1-2H3;4-6H,2-3H2,1H3;3-4H2,1-2H3;4H,2-3H2,1H3. The van der Waals surface area contributed by atoms with Crippen LogP contribution in [0, 0.1) is 11.8 Å². The fraction of sp³-hybridized carbons (Fsp3) is 0.977. The molecule has 1 unspecified atom stereocenters. The molecule has 1 heterocycles. The first-order valence-corrected chi connectivity index (χ1v) is 23.4. The molecule has 12 nitrogen and oxygen atoms in total. The molecular weight excluding hydrogens is 735 g/mol. The molecule has 1 aliphatic carbocycles. The molecule has 3 N–H and O–H groups in total. The summed E-state index contributed by atoms with van der Waals surface area (Å²) in [5, 5.41) is 19.5. The third-order valence-electron chi connectivity index (χ3n) is 7.57. The number of unbranched alkanes of at least 4 members (excludes halogenated alkanes) is 2. The van der Waals surface area contributed by atoms with Crippen molar-refractivity contribution in [3.05, 3.63) is 0 Å². The van der Waals surface area contributed by atoms with Gasteiger partial charge in [-0.25, -0.2) is 12.7 Å². The van der Waals surface area contributed by atoms with Crippen LogP contribution in [0.5, 0.6) is 0 Å². The van der Waals surface area contributed by atoms with Crippen molar-refractivity contribution in [2.45, 2.75) is 159 Å².